The third-order valence-corrected chi connectivity index (χ3v) is 4.28. The molecule has 1 amide bonds. The molecule has 0 fully saturated rings. The Kier molecular flexibility index (Phi) is 5.41. The Morgan fingerprint density at radius 2 is 1.79 bits per heavy atom. The third kappa shape index (κ3) is 3.72. The van der Waals surface area contributed by atoms with Crippen molar-refractivity contribution in [1.29, 1.82) is 0 Å². The van der Waals surface area contributed by atoms with Crippen LogP contribution in [0.25, 0.3) is 22.4 Å². The lowest BCUT2D eigenvalue weighted by Gasteiger charge is -2.19. The molecule has 2 N–H and O–H groups in total. The molecular weight excluding hydrogens is 369 g/mol. The Bertz CT molecular complexity index is 1000. The lowest BCUT2D eigenvalue weighted by atomic mass is 9.89. The summed E-state index contributed by atoms with van der Waals surface area (Å²) in [6.45, 7) is 1.34. The molecule has 144 valence electrons. The Balaban J connectivity index is 2.33. The van der Waals surface area contributed by atoms with E-state index in [9.17, 15) is 18.0 Å². The average Bonchev–Trinajstić information content (AvgIpc) is 2.67. The zero-order valence-electron chi connectivity index (χ0n) is 15.1. The molecule has 0 aliphatic heterocycles. The van der Waals surface area contributed by atoms with Crippen LogP contribution in [0.15, 0.2) is 55.0 Å². The van der Waals surface area contributed by atoms with E-state index >= 15 is 0 Å². The first-order chi connectivity index (χ1) is 13.3. The SMILES string of the molecule is CNNC(=O)c1ccc(C(F)(F)F)c(C)c1-c1cncnc1-c1ccccc1. The van der Waals surface area contributed by atoms with Gasteiger partial charge in [0.25, 0.3) is 5.91 Å². The summed E-state index contributed by atoms with van der Waals surface area (Å²) in [6, 6.07) is 11.1. The minimum atomic E-state index is -4.56. The number of nitrogens with one attached hydrogen (secondary N) is 2. The Hall–Kier alpha value is -3.26. The molecule has 0 unspecified atom stereocenters. The van der Waals surface area contributed by atoms with Crippen LogP contribution in [-0.2, 0) is 6.18 Å². The number of hydrogen-bond acceptors (Lipinski definition) is 4. The highest BCUT2D eigenvalue weighted by Crippen LogP contribution is 2.40. The van der Waals surface area contributed by atoms with Crippen molar-refractivity contribution in [3.63, 3.8) is 0 Å². The Morgan fingerprint density at radius 3 is 2.43 bits per heavy atom. The number of amides is 1. The maximum atomic E-state index is 13.5. The van der Waals surface area contributed by atoms with E-state index in [1.165, 1.54) is 32.6 Å². The third-order valence-electron chi connectivity index (χ3n) is 4.28. The van der Waals surface area contributed by atoms with E-state index in [4.69, 9.17) is 0 Å². The minimum Gasteiger partial charge on any atom is -0.288 e. The van der Waals surface area contributed by atoms with Crippen LogP contribution in [0, 0.1) is 6.92 Å². The van der Waals surface area contributed by atoms with E-state index in [2.05, 4.69) is 20.8 Å². The van der Waals surface area contributed by atoms with Gasteiger partial charge in [-0.05, 0) is 24.6 Å². The summed E-state index contributed by atoms with van der Waals surface area (Å²) in [5.41, 5.74) is 5.75. The highest BCUT2D eigenvalue weighted by Gasteiger charge is 2.35. The van der Waals surface area contributed by atoms with Crippen LogP contribution in [0.4, 0.5) is 13.2 Å². The number of aromatic nitrogens is 2. The summed E-state index contributed by atoms with van der Waals surface area (Å²) in [4.78, 5) is 20.8. The van der Waals surface area contributed by atoms with Gasteiger partial charge in [0.2, 0.25) is 0 Å². The van der Waals surface area contributed by atoms with E-state index in [0.717, 1.165) is 6.07 Å². The van der Waals surface area contributed by atoms with E-state index < -0.39 is 17.6 Å². The van der Waals surface area contributed by atoms with Crippen molar-refractivity contribution in [3.8, 4) is 22.4 Å². The number of rotatable bonds is 4. The van der Waals surface area contributed by atoms with E-state index in [0.29, 0.717) is 16.8 Å². The molecule has 0 saturated carbocycles. The zero-order valence-corrected chi connectivity index (χ0v) is 15.1. The molecule has 0 spiro atoms. The standard InChI is InChI=1S/C20H17F3N4O/c1-12-16(20(21,22)23)9-8-14(19(28)27-24-2)17(12)15-10-25-11-26-18(15)13-6-4-3-5-7-13/h3-11,24H,1-2H3,(H,27,28). The topological polar surface area (TPSA) is 66.9 Å². The number of halogens is 3. The second-order valence-electron chi connectivity index (χ2n) is 6.01. The van der Waals surface area contributed by atoms with Crippen LogP contribution >= 0.6 is 0 Å². The largest absolute Gasteiger partial charge is 0.416 e. The highest BCUT2D eigenvalue weighted by atomic mass is 19.4. The second kappa shape index (κ2) is 7.77. The molecular formula is C20H17F3N4O. The molecule has 0 aliphatic carbocycles. The lowest BCUT2D eigenvalue weighted by Crippen LogP contribution is -2.34. The quantitative estimate of drug-likeness (QED) is 0.665. The molecule has 1 heterocycles. The van der Waals surface area contributed by atoms with Crippen LogP contribution in [0.5, 0.6) is 0 Å². The van der Waals surface area contributed by atoms with Crippen molar-refractivity contribution in [2.24, 2.45) is 0 Å². The number of carbonyl (C=O) groups excluding carboxylic acids is 1. The summed E-state index contributed by atoms with van der Waals surface area (Å²) >= 11 is 0. The molecule has 1 aromatic heterocycles. The molecule has 0 saturated heterocycles. The number of alkyl halides is 3. The molecule has 2 aromatic carbocycles. The summed E-state index contributed by atoms with van der Waals surface area (Å²) in [7, 11) is 1.50. The molecule has 3 rings (SSSR count). The van der Waals surface area contributed by atoms with Gasteiger partial charge in [-0.15, -0.1) is 0 Å². The number of nitrogens with zero attached hydrogens (tertiary/aromatic N) is 2. The van der Waals surface area contributed by atoms with Crippen LogP contribution < -0.4 is 10.9 Å². The maximum absolute atomic E-state index is 13.5. The number of carbonyl (C=O) groups is 1. The van der Waals surface area contributed by atoms with Crippen molar-refractivity contribution < 1.29 is 18.0 Å². The predicted molar refractivity (Wildman–Crippen MR) is 99.2 cm³/mol. The molecule has 3 aromatic rings. The minimum absolute atomic E-state index is 0.0664. The maximum Gasteiger partial charge on any atom is 0.416 e. The van der Waals surface area contributed by atoms with Gasteiger partial charge in [0.15, 0.2) is 0 Å². The van der Waals surface area contributed by atoms with Crippen LogP contribution in [0.2, 0.25) is 0 Å². The van der Waals surface area contributed by atoms with Gasteiger partial charge in [0.1, 0.15) is 6.33 Å². The van der Waals surface area contributed by atoms with E-state index in [1.807, 2.05) is 6.07 Å². The van der Waals surface area contributed by atoms with Crippen LogP contribution in [0.1, 0.15) is 21.5 Å². The van der Waals surface area contributed by atoms with Gasteiger partial charge in [-0.25, -0.2) is 15.4 Å². The van der Waals surface area contributed by atoms with E-state index in [-0.39, 0.29) is 16.7 Å². The van der Waals surface area contributed by atoms with Crippen molar-refractivity contribution in [1.82, 2.24) is 20.8 Å². The van der Waals surface area contributed by atoms with Crippen molar-refractivity contribution in [3.05, 3.63) is 71.7 Å². The monoisotopic (exact) mass is 386 g/mol. The first-order valence-corrected chi connectivity index (χ1v) is 8.38. The van der Waals surface area contributed by atoms with Gasteiger partial charge in [-0.1, -0.05) is 30.3 Å². The van der Waals surface area contributed by atoms with Gasteiger partial charge >= 0.3 is 6.18 Å². The smallest absolute Gasteiger partial charge is 0.288 e. The summed E-state index contributed by atoms with van der Waals surface area (Å²) < 4.78 is 40.5. The Labute approximate surface area is 159 Å². The van der Waals surface area contributed by atoms with Gasteiger partial charge in [-0.2, -0.15) is 13.2 Å². The molecule has 0 bridgehead atoms. The van der Waals surface area contributed by atoms with Crippen LogP contribution in [0.3, 0.4) is 0 Å². The van der Waals surface area contributed by atoms with Gasteiger partial charge < -0.3 is 0 Å². The summed E-state index contributed by atoms with van der Waals surface area (Å²) in [5, 5.41) is 0. The average molecular weight is 386 g/mol. The molecule has 0 radical (unpaired) electrons. The molecule has 5 nitrogen and oxygen atoms in total. The first kappa shape index (κ1) is 19.5. The van der Waals surface area contributed by atoms with Crippen molar-refractivity contribution in [2.45, 2.75) is 13.1 Å². The lowest BCUT2D eigenvalue weighted by molar-refractivity contribution is -0.138. The van der Waals surface area contributed by atoms with Crippen molar-refractivity contribution >= 4 is 5.91 Å². The predicted octanol–water partition coefficient (Wildman–Crippen LogP) is 4.00. The second-order valence-corrected chi connectivity index (χ2v) is 6.01. The molecule has 8 heteroatoms. The van der Waals surface area contributed by atoms with Crippen LogP contribution in [-0.4, -0.2) is 22.9 Å². The summed E-state index contributed by atoms with van der Waals surface area (Å²) in [5.74, 6) is -0.558. The normalized spacial score (nSPS) is 11.3. The number of hydrogen-bond donors (Lipinski definition) is 2. The fraction of sp³-hybridized carbons (Fsp3) is 0.150. The Morgan fingerprint density at radius 1 is 1.07 bits per heavy atom. The molecule has 0 atom stereocenters. The number of benzene rings is 2. The highest BCUT2D eigenvalue weighted by molar-refractivity contribution is 6.03. The first-order valence-electron chi connectivity index (χ1n) is 8.38. The van der Waals surface area contributed by atoms with E-state index in [1.54, 1.807) is 24.3 Å². The summed E-state index contributed by atoms with van der Waals surface area (Å²) in [6.07, 6.45) is -1.81. The molecule has 28 heavy (non-hydrogen) atoms. The van der Waals surface area contributed by atoms with Gasteiger partial charge in [0.05, 0.1) is 11.3 Å². The van der Waals surface area contributed by atoms with Crippen molar-refractivity contribution in [2.75, 3.05) is 7.05 Å². The fourth-order valence-corrected chi connectivity index (χ4v) is 3.07. The van der Waals surface area contributed by atoms with Gasteiger partial charge in [-0.3, -0.25) is 10.2 Å². The molecule has 0 aliphatic rings. The van der Waals surface area contributed by atoms with Gasteiger partial charge in [0, 0.05) is 35.5 Å². The fourth-order valence-electron chi connectivity index (χ4n) is 3.07. The zero-order chi connectivity index (χ0) is 20.3. The number of hydrazine groups is 1.